The van der Waals surface area contributed by atoms with E-state index in [1.54, 1.807) is 12.1 Å². The monoisotopic (exact) mass is 312 g/mol. The van der Waals surface area contributed by atoms with Crippen LogP contribution in [-0.4, -0.2) is 27.5 Å². The molecule has 5 heteroatoms. The maximum absolute atomic E-state index is 12.2. The van der Waals surface area contributed by atoms with Crippen molar-refractivity contribution in [1.29, 1.82) is 0 Å². The lowest BCUT2D eigenvalue weighted by Crippen LogP contribution is -2.33. The van der Waals surface area contributed by atoms with Crippen molar-refractivity contribution in [3.8, 4) is 0 Å². The molecule has 0 saturated heterocycles. The topological polar surface area (TPSA) is 58.2 Å². The molecule has 0 saturated carbocycles. The van der Waals surface area contributed by atoms with Gasteiger partial charge in [0.2, 0.25) is 10.0 Å². The van der Waals surface area contributed by atoms with Gasteiger partial charge in [0.25, 0.3) is 0 Å². The highest BCUT2D eigenvalue weighted by Gasteiger charge is 2.17. The average molecular weight is 312 g/mol. The molecule has 0 aliphatic carbocycles. The summed E-state index contributed by atoms with van der Waals surface area (Å²) >= 11 is 0. The fraction of sp³-hybridized carbons (Fsp3) is 0.625. The highest BCUT2D eigenvalue weighted by Crippen LogP contribution is 2.12. The first-order chi connectivity index (χ1) is 10.0. The first-order valence-corrected chi connectivity index (χ1v) is 9.33. The highest BCUT2D eigenvalue weighted by molar-refractivity contribution is 7.89. The first-order valence-electron chi connectivity index (χ1n) is 7.85. The van der Waals surface area contributed by atoms with Gasteiger partial charge >= 0.3 is 0 Å². The number of hydrogen-bond donors (Lipinski definition) is 2. The van der Waals surface area contributed by atoms with Gasteiger partial charge in [-0.05, 0) is 56.5 Å². The smallest absolute Gasteiger partial charge is 0.240 e. The SMILES string of the molecule is CCCNCCc1ccc(S(=O)(=O)NC(CC)CC)cc1. The van der Waals surface area contributed by atoms with Crippen LogP contribution in [0, 0.1) is 0 Å². The Morgan fingerprint density at radius 2 is 1.62 bits per heavy atom. The fourth-order valence-corrected chi connectivity index (χ4v) is 3.52. The minimum absolute atomic E-state index is 0.00733. The normalized spacial score (nSPS) is 12.0. The van der Waals surface area contributed by atoms with Crippen LogP contribution in [0.1, 0.15) is 45.6 Å². The molecular weight excluding hydrogens is 284 g/mol. The van der Waals surface area contributed by atoms with E-state index in [2.05, 4.69) is 17.0 Å². The summed E-state index contributed by atoms with van der Waals surface area (Å²) in [5.41, 5.74) is 1.15. The van der Waals surface area contributed by atoms with E-state index >= 15 is 0 Å². The zero-order valence-electron chi connectivity index (χ0n) is 13.4. The van der Waals surface area contributed by atoms with Crippen LogP contribution in [0.3, 0.4) is 0 Å². The van der Waals surface area contributed by atoms with Gasteiger partial charge in [-0.2, -0.15) is 0 Å². The predicted molar refractivity (Wildman–Crippen MR) is 88.0 cm³/mol. The molecule has 0 spiro atoms. The molecule has 0 aliphatic rings. The van der Waals surface area contributed by atoms with E-state index in [1.807, 2.05) is 26.0 Å². The van der Waals surface area contributed by atoms with Crippen molar-refractivity contribution < 1.29 is 8.42 Å². The van der Waals surface area contributed by atoms with E-state index < -0.39 is 10.0 Å². The average Bonchev–Trinajstić information content (AvgIpc) is 2.49. The third-order valence-corrected chi connectivity index (χ3v) is 5.09. The van der Waals surface area contributed by atoms with Crippen LogP contribution in [0.5, 0.6) is 0 Å². The summed E-state index contributed by atoms with van der Waals surface area (Å²) in [6.45, 7) is 8.06. The molecule has 21 heavy (non-hydrogen) atoms. The summed E-state index contributed by atoms with van der Waals surface area (Å²) in [5.74, 6) is 0. The molecule has 4 nitrogen and oxygen atoms in total. The van der Waals surface area contributed by atoms with E-state index in [9.17, 15) is 8.42 Å². The van der Waals surface area contributed by atoms with Crippen LogP contribution < -0.4 is 10.0 Å². The highest BCUT2D eigenvalue weighted by atomic mass is 32.2. The standard InChI is InChI=1S/C16H28N2O2S/c1-4-12-17-13-11-14-7-9-16(10-8-14)21(19,20)18-15(5-2)6-3/h7-10,15,17-18H,4-6,11-13H2,1-3H3. The van der Waals surface area contributed by atoms with Crippen molar-refractivity contribution in [2.45, 2.75) is 57.4 Å². The molecule has 0 unspecified atom stereocenters. The molecular formula is C16H28N2O2S. The van der Waals surface area contributed by atoms with E-state index in [0.717, 1.165) is 44.3 Å². The van der Waals surface area contributed by atoms with Crippen LogP contribution in [0.2, 0.25) is 0 Å². The Morgan fingerprint density at radius 3 is 2.14 bits per heavy atom. The van der Waals surface area contributed by atoms with Gasteiger partial charge in [-0.1, -0.05) is 32.9 Å². The molecule has 0 aromatic heterocycles. The zero-order valence-corrected chi connectivity index (χ0v) is 14.2. The molecule has 1 rings (SSSR count). The maximum Gasteiger partial charge on any atom is 0.240 e. The second kappa shape index (κ2) is 9.18. The maximum atomic E-state index is 12.2. The Labute approximate surface area is 129 Å². The Hall–Kier alpha value is -0.910. The lowest BCUT2D eigenvalue weighted by atomic mass is 10.1. The number of nitrogens with one attached hydrogen (secondary N) is 2. The molecule has 0 fully saturated rings. The molecule has 1 aromatic carbocycles. The summed E-state index contributed by atoms with van der Waals surface area (Å²) in [4.78, 5) is 0.347. The van der Waals surface area contributed by atoms with E-state index in [4.69, 9.17) is 0 Å². The third kappa shape index (κ3) is 6.16. The number of hydrogen-bond acceptors (Lipinski definition) is 3. The fourth-order valence-electron chi connectivity index (χ4n) is 2.11. The molecule has 0 heterocycles. The molecule has 0 bridgehead atoms. The number of sulfonamides is 1. The molecule has 0 atom stereocenters. The van der Waals surface area contributed by atoms with Crippen molar-refractivity contribution >= 4 is 10.0 Å². The van der Waals surface area contributed by atoms with Gasteiger partial charge in [0.05, 0.1) is 4.90 Å². The predicted octanol–water partition coefficient (Wildman–Crippen LogP) is 2.70. The summed E-state index contributed by atoms with van der Waals surface area (Å²) in [7, 11) is -3.40. The molecule has 0 radical (unpaired) electrons. The van der Waals surface area contributed by atoms with Gasteiger partial charge in [-0.3, -0.25) is 0 Å². The summed E-state index contributed by atoms with van der Waals surface area (Å²) in [6.07, 6.45) is 3.65. The van der Waals surface area contributed by atoms with Gasteiger partial charge in [0, 0.05) is 6.04 Å². The van der Waals surface area contributed by atoms with Crippen molar-refractivity contribution in [2.24, 2.45) is 0 Å². The van der Waals surface area contributed by atoms with E-state index in [0.29, 0.717) is 4.90 Å². The first kappa shape index (κ1) is 18.1. The van der Waals surface area contributed by atoms with Crippen molar-refractivity contribution in [3.05, 3.63) is 29.8 Å². The molecule has 0 aliphatic heterocycles. The lowest BCUT2D eigenvalue weighted by Gasteiger charge is -2.15. The molecule has 120 valence electrons. The van der Waals surface area contributed by atoms with Crippen molar-refractivity contribution in [3.63, 3.8) is 0 Å². The Kier molecular flexibility index (Phi) is 7.93. The van der Waals surface area contributed by atoms with Gasteiger partial charge in [-0.15, -0.1) is 0 Å². The minimum Gasteiger partial charge on any atom is -0.316 e. The van der Waals surface area contributed by atoms with E-state index in [1.165, 1.54) is 0 Å². The Balaban J connectivity index is 2.64. The van der Waals surface area contributed by atoms with Crippen LogP contribution in [-0.2, 0) is 16.4 Å². The molecule has 1 aromatic rings. The molecule has 0 amide bonds. The summed E-state index contributed by atoms with van der Waals surface area (Å²) in [6, 6.07) is 7.19. The van der Waals surface area contributed by atoms with Gasteiger partial charge in [0.1, 0.15) is 0 Å². The van der Waals surface area contributed by atoms with E-state index in [-0.39, 0.29) is 6.04 Å². The van der Waals surface area contributed by atoms with Crippen molar-refractivity contribution in [1.82, 2.24) is 10.0 Å². The molecule has 2 N–H and O–H groups in total. The third-order valence-electron chi connectivity index (χ3n) is 3.56. The quantitative estimate of drug-likeness (QED) is 0.653. The minimum atomic E-state index is -3.40. The lowest BCUT2D eigenvalue weighted by molar-refractivity contribution is 0.530. The summed E-state index contributed by atoms with van der Waals surface area (Å²) < 4.78 is 27.2. The largest absolute Gasteiger partial charge is 0.316 e. The van der Waals surface area contributed by atoms with Crippen LogP contribution in [0.25, 0.3) is 0 Å². The van der Waals surface area contributed by atoms with Gasteiger partial charge < -0.3 is 5.32 Å². The van der Waals surface area contributed by atoms with Gasteiger partial charge in [0.15, 0.2) is 0 Å². The zero-order chi connectivity index (χ0) is 15.7. The second-order valence-electron chi connectivity index (χ2n) is 5.28. The number of benzene rings is 1. The van der Waals surface area contributed by atoms with Gasteiger partial charge in [-0.25, -0.2) is 13.1 Å². The van der Waals surface area contributed by atoms with Crippen LogP contribution in [0.4, 0.5) is 0 Å². The van der Waals surface area contributed by atoms with Crippen LogP contribution in [0.15, 0.2) is 29.2 Å². The summed E-state index contributed by atoms with van der Waals surface area (Å²) in [5, 5.41) is 3.34. The Morgan fingerprint density at radius 1 is 1.00 bits per heavy atom. The second-order valence-corrected chi connectivity index (χ2v) is 6.99. The number of rotatable bonds is 10. The van der Waals surface area contributed by atoms with Crippen LogP contribution >= 0.6 is 0 Å². The van der Waals surface area contributed by atoms with Crippen molar-refractivity contribution in [2.75, 3.05) is 13.1 Å². The Bertz CT molecular complexity index is 494.